The number of carbonyl (C=O) groups is 4. The molecular weight excluding hydrogens is 1390 g/mol. The molecule has 0 fully saturated rings. The van der Waals surface area contributed by atoms with Crippen LogP contribution in [0.2, 0.25) is 0 Å². The van der Waals surface area contributed by atoms with Crippen LogP contribution in [0.5, 0.6) is 0 Å². The van der Waals surface area contributed by atoms with Crippen molar-refractivity contribution in [3.05, 3.63) is 0 Å². The molecule has 0 aromatic carbocycles. The molecule has 0 saturated heterocycles. The normalized spacial score (nSPS) is 14.1. The molecule has 0 aromatic rings. The monoisotopic (exact) mass is 1560 g/mol. The van der Waals surface area contributed by atoms with E-state index in [-0.39, 0.29) is 25.7 Å². The zero-order valence-corrected chi connectivity index (χ0v) is 72.4. The molecule has 0 aliphatic heterocycles. The quantitative estimate of drug-likeness (QED) is 0.0222. The Labute approximate surface area is 658 Å². The predicted octanol–water partition coefficient (Wildman–Crippen LogP) is 26.9. The van der Waals surface area contributed by atoms with E-state index >= 15 is 0 Å². The Morgan fingerprint density at radius 2 is 0.477 bits per heavy atom. The van der Waals surface area contributed by atoms with Gasteiger partial charge in [0.25, 0.3) is 0 Å². The van der Waals surface area contributed by atoms with Gasteiger partial charge in [-0.2, -0.15) is 0 Å². The van der Waals surface area contributed by atoms with E-state index in [2.05, 4.69) is 48.5 Å². The molecule has 0 aromatic heterocycles. The van der Waals surface area contributed by atoms with Crippen LogP contribution >= 0.6 is 15.6 Å². The lowest BCUT2D eigenvalue weighted by atomic mass is 9.99. The van der Waals surface area contributed by atoms with Crippen LogP contribution in [0.15, 0.2) is 0 Å². The van der Waals surface area contributed by atoms with Gasteiger partial charge in [0.2, 0.25) is 0 Å². The highest BCUT2D eigenvalue weighted by Crippen LogP contribution is 2.45. The Hall–Kier alpha value is -1.94. The third kappa shape index (κ3) is 80.5. The van der Waals surface area contributed by atoms with Gasteiger partial charge in [-0.1, -0.05) is 414 Å². The summed E-state index contributed by atoms with van der Waals surface area (Å²) in [5, 5.41) is 10.7. The van der Waals surface area contributed by atoms with E-state index in [1.807, 2.05) is 0 Å². The molecule has 0 radical (unpaired) electrons. The van der Waals surface area contributed by atoms with Crippen molar-refractivity contribution in [3.63, 3.8) is 0 Å². The first-order valence-electron chi connectivity index (χ1n) is 45.4. The average molecular weight is 1560 g/mol. The van der Waals surface area contributed by atoms with E-state index in [0.29, 0.717) is 25.7 Å². The van der Waals surface area contributed by atoms with E-state index in [4.69, 9.17) is 37.0 Å². The summed E-state index contributed by atoms with van der Waals surface area (Å²) in [7, 11) is -9.93. The summed E-state index contributed by atoms with van der Waals surface area (Å²) in [5.41, 5.74) is 0. The highest BCUT2D eigenvalue weighted by atomic mass is 31.2. The number of aliphatic hydroxyl groups excluding tert-OH is 1. The van der Waals surface area contributed by atoms with Crippen LogP contribution in [0.25, 0.3) is 0 Å². The molecule has 0 aliphatic rings. The number of unbranched alkanes of at least 4 members (excludes halogenated alkanes) is 53. The Bertz CT molecular complexity index is 2060. The van der Waals surface area contributed by atoms with Crippen molar-refractivity contribution in [3.8, 4) is 0 Å². The number of hydrogen-bond donors (Lipinski definition) is 3. The molecule has 107 heavy (non-hydrogen) atoms. The van der Waals surface area contributed by atoms with Crippen LogP contribution in [0.1, 0.15) is 466 Å². The first-order chi connectivity index (χ1) is 51.8. The maximum atomic E-state index is 13.2. The van der Waals surface area contributed by atoms with Crippen molar-refractivity contribution < 1.29 is 80.2 Å². The molecule has 0 rings (SSSR count). The van der Waals surface area contributed by atoms with Crippen LogP contribution in [0.3, 0.4) is 0 Å². The van der Waals surface area contributed by atoms with E-state index in [9.17, 15) is 43.2 Å². The van der Waals surface area contributed by atoms with Crippen molar-refractivity contribution in [2.75, 3.05) is 39.6 Å². The number of rotatable bonds is 86. The first-order valence-corrected chi connectivity index (χ1v) is 48.4. The SMILES string of the molecule is CCCCCCCCCCCCCCCCCCCCC(=O)OC[C@H](COP(=O)(O)OC[C@@H](O)COP(=O)(O)OC[C@@H](COC(=O)CCCCCCCCCCC(C)CC)OC(=O)CCCCCCCCCCCCCCCC(C)C)OC(=O)CCCCCCCCCCCCCCCCCCCCC(C)C. The van der Waals surface area contributed by atoms with Crippen LogP contribution < -0.4 is 0 Å². The van der Waals surface area contributed by atoms with Gasteiger partial charge in [0, 0.05) is 25.7 Å². The highest BCUT2D eigenvalue weighted by molar-refractivity contribution is 7.47. The predicted molar refractivity (Wildman–Crippen MR) is 441 cm³/mol. The number of aliphatic hydroxyl groups is 1. The summed E-state index contributed by atoms with van der Waals surface area (Å²) >= 11 is 0. The minimum Gasteiger partial charge on any atom is -0.462 e. The minimum absolute atomic E-state index is 0.107. The topological polar surface area (TPSA) is 237 Å². The number of phosphoric ester groups is 2. The van der Waals surface area contributed by atoms with Crippen molar-refractivity contribution >= 4 is 39.5 Å². The van der Waals surface area contributed by atoms with Crippen LogP contribution in [0.4, 0.5) is 0 Å². The first kappa shape index (κ1) is 105. The summed E-state index contributed by atoms with van der Waals surface area (Å²) in [6.45, 7) is 12.0. The van der Waals surface area contributed by atoms with Gasteiger partial charge in [-0.3, -0.25) is 37.3 Å². The van der Waals surface area contributed by atoms with Gasteiger partial charge >= 0.3 is 39.5 Å². The average Bonchev–Trinajstić information content (AvgIpc) is 0.903. The second kappa shape index (κ2) is 78.0. The standard InChI is InChI=1S/C88H172O17P2/c1-8-10-11-12-13-14-15-16-17-18-22-25-30-35-40-48-55-62-69-85(90)98-75-83(104-87(92)71-64-57-50-41-36-31-26-23-20-19-21-24-28-33-38-45-52-59-66-79(3)4)77-102-106(94,95)100-73-82(89)74-101-107(96,97)103-78-84(76-99-86(91)70-63-56-49-44-43-47-54-61-68-81(7)9-2)105-88(93)72-65-58-51-42-37-32-27-29-34-39-46-53-60-67-80(5)6/h79-84,89H,8-78H2,1-7H3,(H,94,95)(H,96,97)/t81?,82-,83-,84-/m1/s1. The number of ether oxygens (including phenoxy) is 4. The fourth-order valence-electron chi connectivity index (χ4n) is 13.7. The maximum absolute atomic E-state index is 13.2. The molecule has 3 unspecified atom stereocenters. The summed E-state index contributed by atoms with van der Waals surface area (Å²) in [6.07, 6.45) is 69.4. The smallest absolute Gasteiger partial charge is 0.462 e. The summed E-state index contributed by atoms with van der Waals surface area (Å²) < 4.78 is 69.0. The molecule has 0 spiro atoms. The van der Waals surface area contributed by atoms with E-state index in [0.717, 1.165) is 108 Å². The zero-order valence-electron chi connectivity index (χ0n) is 70.6. The molecule has 0 bridgehead atoms. The summed E-state index contributed by atoms with van der Waals surface area (Å²) in [6, 6.07) is 0. The van der Waals surface area contributed by atoms with Crippen molar-refractivity contribution in [1.82, 2.24) is 0 Å². The lowest BCUT2D eigenvalue weighted by Gasteiger charge is -2.21. The maximum Gasteiger partial charge on any atom is 0.472 e. The molecule has 636 valence electrons. The van der Waals surface area contributed by atoms with Gasteiger partial charge in [-0.15, -0.1) is 0 Å². The number of phosphoric acid groups is 2. The molecular formula is C88H172O17P2. The third-order valence-corrected chi connectivity index (χ3v) is 22.9. The molecule has 6 atom stereocenters. The molecule has 0 saturated carbocycles. The molecule has 17 nitrogen and oxygen atoms in total. The third-order valence-electron chi connectivity index (χ3n) is 21.0. The Morgan fingerprint density at radius 3 is 0.710 bits per heavy atom. The molecule has 3 N–H and O–H groups in total. The zero-order chi connectivity index (χ0) is 78.6. The van der Waals surface area contributed by atoms with E-state index in [1.165, 1.54) is 276 Å². The van der Waals surface area contributed by atoms with Gasteiger partial charge in [0.05, 0.1) is 26.4 Å². The number of esters is 4. The molecule has 0 aliphatic carbocycles. The second-order valence-electron chi connectivity index (χ2n) is 32.8. The van der Waals surface area contributed by atoms with Crippen LogP contribution in [0, 0.1) is 17.8 Å². The second-order valence-corrected chi connectivity index (χ2v) is 35.7. The van der Waals surface area contributed by atoms with Gasteiger partial charge in [-0.05, 0) is 43.4 Å². The fraction of sp³-hybridized carbons (Fsp3) is 0.955. The fourth-order valence-corrected chi connectivity index (χ4v) is 15.3. The largest absolute Gasteiger partial charge is 0.472 e. The van der Waals surface area contributed by atoms with Gasteiger partial charge in [-0.25, -0.2) is 9.13 Å². The highest BCUT2D eigenvalue weighted by Gasteiger charge is 2.31. The van der Waals surface area contributed by atoms with Crippen molar-refractivity contribution in [1.29, 1.82) is 0 Å². The van der Waals surface area contributed by atoms with Crippen molar-refractivity contribution in [2.24, 2.45) is 17.8 Å². The number of hydrogen-bond acceptors (Lipinski definition) is 15. The number of carbonyl (C=O) groups excluding carboxylic acids is 4. The minimum atomic E-state index is -4.97. The van der Waals surface area contributed by atoms with Gasteiger partial charge in [0.1, 0.15) is 19.3 Å². The lowest BCUT2D eigenvalue weighted by molar-refractivity contribution is -0.161. The Morgan fingerprint density at radius 1 is 0.271 bits per heavy atom. The van der Waals surface area contributed by atoms with Gasteiger partial charge < -0.3 is 33.8 Å². The summed E-state index contributed by atoms with van der Waals surface area (Å²) in [5.74, 6) is 0.283. The molecule has 0 heterocycles. The van der Waals surface area contributed by atoms with Crippen LogP contribution in [-0.2, 0) is 65.4 Å². The van der Waals surface area contributed by atoms with Gasteiger partial charge in [0.15, 0.2) is 12.2 Å². The summed E-state index contributed by atoms with van der Waals surface area (Å²) in [4.78, 5) is 73.3. The lowest BCUT2D eigenvalue weighted by Crippen LogP contribution is -2.30. The molecule has 19 heteroatoms. The van der Waals surface area contributed by atoms with E-state index in [1.54, 1.807) is 0 Å². The van der Waals surface area contributed by atoms with Crippen molar-refractivity contribution in [2.45, 2.75) is 484 Å². The Balaban J connectivity index is 5.26. The molecule has 0 amide bonds. The Kier molecular flexibility index (Phi) is 76.6. The van der Waals surface area contributed by atoms with Crippen LogP contribution in [-0.4, -0.2) is 96.7 Å². The van der Waals surface area contributed by atoms with E-state index < -0.39 is 97.5 Å².